The van der Waals surface area contributed by atoms with Crippen LogP contribution in [0.15, 0.2) is 48.5 Å². The predicted molar refractivity (Wildman–Crippen MR) is 120 cm³/mol. The Morgan fingerprint density at radius 1 is 1.00 bits per heavy atom. The second-order valence-corrected chi connectivity index (χ2v) is 6.73. The second kappa shape index (κ2) is 10.6. The highest BCUT2D eigenvalue weighted by Gasteiger charge is 2.11. The average molecular weight is 429 g/mol. The molecular weight excluding hydrogens is 404 g/mol. The molecule has 1 aromatic heterocycles. The molecule has 0 saturated heterocycles. The minimum Gasteiger partial charge on any atom is -0.465 e. The maximum Gasteiger partial charge on any atom is 0.338 e. The molecule has 0 spiro atoms. The minimum absolute atomic E-state index is 0. The summed E-state index contributed by atoms with van der Waals surface area (Å²) in [4.78, 5) is 28.4. The van der Waals surface area contributed by atoms with Crippen molar-refractivity contribution in [3.8, 4) is 0 Å². The van der Waals surface area contributed by atoms with Gasteiger partial charge in [0.15, 0.2) is 0 Å². The summed E-state index contributed by atoms with van der Waals surface area (Å²) in [6.45, 7) is 4.39. The monoisotopic (exact) mass is 428 g/mol. The first-order chi connectivity index (χ1) is 14.0. The Balaban J connectivity index is 0.00000320. The molecule has 0 amide bonds. The van der Waals surface area contributed by atoms with Gasteiger partial charge in [-0.2, -0.15) is 0 Å². The number of anilines is 2. The topological polar surface area (TPSA) is 77.5 Å². The number of halogens is 1. The van der Waals surface area contributed by atoms with Crippen LogP contribution in [0.4, 0.5) is 11.4 Å². The van der Waals surface area contributed by atoms with Gasteiger partial charge in [-0.1, -0.05) is 13.3 Å². The van der Waals surface area contributed by atoms with Gasteiger partial charge >= 0.3 is 11.9 Å². The van der Waals surface area contributed by atoms with E-state index in [9.17, 15) is 9.59 Å². The van der Waals surface area contributed by atoms with Crippen molar-refractivity contribution in [3.63, 3.8) is 0 Å². The molecule has 158 valence electrons. The molecular formula is C23H25ClN2O4. The Bertz CT molecular complexity index is 1040. The van der Waals surface area contributed by atoms with Gasteiger partial charge in [0.2, 0.25) is 0 Å². The quantitative estimate of drug-likeness (QED) is 0.398. The third kappa shape index (κ3) is 5.48. The number of hydrogen-bond acceptors (Lipinski definition) is 6. The Hall–Kier alpha value is -3.12. The molecule has 2 aromatic carbocycles. The maximum atomic E-state index is 12.0. The molecule has 1 N–H and O–H groups in total. The number of aromatic nitrogens is 1. The first-order valence-electron chi connectivity index (χ1n) is 9.55. The molecule has 0 fully saturated rings. The molecule has 6 nitrogen and oxygen atoms in total. The van der Waals surface area contributed by atoms with E-state index in [-0.39, 0.29) is 18.4 Å². The molecule has 0 aliphatic carbocycles. The minimum atomic E-state index is -0.399. The summed E-state index contributed by atoms with van der Waals surface area (Å²) in [5.74, 6) is -0.720. The summed E-state index contributed by atoms with van der Waals surface area (Å²) in [5.41, 5.74) is 4.22. The van der Waals surface area contributed by atoms with E-state index in [1.54, 1.807) is 30.3 Å². The molecule has 0 bridgehead atoms. The van der Waals surface area contributed by atoms with Gasteiger partial charge < -0.3 is 14.8 Å². The van der Waals surface area contributed by atoms with E-state index < -0.39 is 5.97 Å². The van der Waals surface area contributed by atoms with Gasteiger partial charge in [0.25, 0.3) is 0 Å². The molecule has 3 aromatic rings. The number of benzene rings is 2. The van der Waals surface area contributed by atoms with Crippen molar-refractivity contribution in [2.75, 3.05) is 19.0 Å². The van der Waals surface area contributed by atoms with E-state index in [0.29, 0.717) is 17.7 Å². The fourth-order valence-electron chi connectivity index (χ4n) is 2.94. The average Bonchev–Trinajstić information content (AvgIpc) is 2.73. The Morgan fingerprint density at radius 2 is 1.70 bits per heavy atom. The van der Waals surface area contributed by atoms with Crippen LogP contribution in [0.3, 0.4) is 0 Å². The molecule has 30 heavy (non-hydrogen) atoms. The summed E-state index contributed by atoms with van der Waals surface area (Å²) >= 11 is 0. The first kappa shape index (κ1) is 23.2. The second-order valence-electron chi connectivity index (χ2n) is 6.73. The van der Waals surface area contributed by atoms with Crippen molar-refractivity contribution >= 4 is 46.6 Å². The molecule has 0 unspecified atom stereocenters. The van der Waals surface area contributed by atoms with E-state index >= 15 is 0 Å². The van der Waals surface area contributed by atoms with Gasteiger partial charge in [0.05, 0.1) is 30.4 Å². The molecule has 3 rings (SSSR count). The summed E-state index contributed by atoms with van der Waals surface area (Å²) in [6, 6.07) is 14.3. The zero-order valence-corrected chi connectivity index (χ0v) is 18.0. The fraction of sp³-hybridized carbons (Fsp3) is 0.261. The van der Waals surface area contributed by atoms with Crippen molar-refractivity contribution in [3.05, 3.63) is 65.4 Å². The Morgan fingerprint density at radius 3 is 2.37 bits per heavy atom. The summed E-state index contributed by atoms with van der Waals surface area (Å²) in [5, 5.41) is 4.15. The largest absolute Gasteiger partial charge is 0.465 e. The summed E-state index contributed by atoms with van der Waals surface area (Å²) in [7, 11) is 1.36. The SMILES string of the molecule is CCCCOC(=O)c1ccc(Nc2cc(C)nc3ccc(C(=O)OC)cc23)cc1.Cl. The van der Waals surface area contributed by atoms with Crippen LogP contribution in [0.1, 0.15) is 46.2 Å². The number of methoxy groups -OCH3 is 1. The maximum absolute atomic E-state index is 12.0. The number of pyridine rings is 1. The number of fused-ring (bicyclic) bond motifs is 1. The smallest absolute Gasteiger partial charge is 0.338 e. The lowest BCUT2D eigenvalue weighted by atomic mass is 10.1. The normalized spacial score (nSPS) is 10.2. The standard InChI is InChI=1S/C23H24N2O4.ClH/c1-4-5-12-29-23(27)16-6-9-18(10-7-16)25-21-13-15(2)24-20-11-8-17(14-19(20)21)22(26)28-3;/h6-11,13-14H,4-5,12H2,1-3H3,(H,24,25);1H. The lowest BCUT2D eigenvalue weighted by Crippen LogP contribution is -2.06. The van der Waals surface area contributed by atoms with Gasteiger partial charge in [-0.25, -0.2) is 9.59 Å². The van der Waals surface area contributed by atoms with Crippen molar-refractivity contribution in [2.24, 2.45) is 0 Å². The number of nitrogens with zero attached hydrogens (tertiary/aromatic N) is 1. The third-order valence-electron chi connectivity index (χ3n) is 4.49. The number of aryl methyl sites for hydroxylation is 1. The molecule has 7 heteroatoms. The number of nitrogens with one attached hydrogen (secondary N) is 1. The number of unbranched alkanes of at least 4 members (excludes halogenated alkanes) is 1. The molecule has 0 aliphatic rings. The van der Waals surface area contributed by atoms with Crippen molar-refractivity contribution in [1.29, 1.82) is 0 Å². The number of hydrogen-bond donors (Lipinski definition) is 1. The van der Waals surface area contributed by atoms with Crippen molar-refractivity contribution in [1.82, 2.24) is 4.98 Å². The zero-order chi connectivity index (χ0) is 20.8. The highest BCUT2D eigenvalue weighted by Crippen LogP contribution is 2.28. The summed E-state index contributed by atoms with van der Waals surface area (Å²) < 4.78 is 10.0. The lowest BCUT2D eigenvalue weighted by Gasteiger charge is -2.12. The van der Waals surface area contributed by atoms with Crippen LogP contribution in [-0.4, -0.2) is 30.6 Å². The van der Waals surface area contributed by atoms with Crippen LogP contribution in [0.2, 0.25) is 0 Å². The fourth-order valence-corrected chi connectivity index (χ4v) is 2.94. The highest BCUT2D eigenvalue weighted by atomic mass is 35.5. The van der Waals surface area contributed by atoms with Crippen LogP contribution in [0, 0.1) is 6.92 Å². The van der Waals surface area contributed by atoms with E-state index in [0.717, 1.165) is 40.8 Å². The van der Waals surface area contributed by atoms with E-state index in [2.05, 4.69) is 10.3 Å². The van der Waals surface area contributed by atoms with Crippen LogP contribution in [0.25, 0.3) is 10.9 Å². The number of ether oxygens (including phenoxy) is 2. The van der Waals surface area contributed by atoms with Crippen molar-refractivity contribution in [2.45, 2.75) is 26.7 Å². The van der Waals surface area contributed by atoms with E-state index in [4.69, 9.17) is 9.47 Å². The van der Waals surface area contributed by atoms with E-state index in [1.807, 2.05) is 32.0 Å². The van der Waals surface area contributed by atoms with Gasteiger partial charge in [0.1, 0.15) is 0 Å². The Labute approximate surface area is 182 Å². The number of esters is 2. The van der Waals surface area contributed by atoms with Crippen molar-refractivity contribution < 1.29 is 19.1 Å². The molecule has 0 aliphatic heterocycles. The van der Waals surface area contributed by atoms with Gasteiger partial charge in [-0.15, -0.1) is 12.4 Å². The molecule has 0 radical (unpaired) electrons. The van der Waals surface area contributed by atoms with Crippen LogP contribution in [0.5, 0.6) is 0 Å². The number of carbonyl (C=O) groups excluding carboxylic acids is 2. The van der Waals surface area contributed by atoms with Gasteiger partial charge in [-0.3, -0.25) is 4.98 Å². The molecule has 0 atom stereocenters. The van der Waals surface area contributed by atoms with Gasteiger partial charge in [0, 0.05) is 22.5 Å². The summed E-state index contributed by atoms with van der Waals surface area (Å²) in [6.07, 6.45) is 1.83. The molecule has 0 saturated carbocycles. The van der Waals surface area contributed by atoms with Gasteiger partial charge in [-0.05, 0) is 61.9 Å². The Kier molecular flexibility index (Phi) is 8.18. The lowest BCUT2D eigenvalue weighted by molar-refractivity contribution is 0.0499. The highest BCUT2D eigenvalue weighted by molar-refractivity contribution is 6.00. The van der Waals surface area contributed by atoms with Crippen LogP contribution >= 0.6 is 12.4 Å². The zero-order valence-electron chi connectivity index (χ0n) is 17.2. The third-order valence-corrected chi connectivity index (χ3v) is 4.49. The van der Waals surface area contributed by atoms with Crippen LogP contribution < -0.4 is 5.32 Å². The number of carbonyl (C=O) groups is 2. The number of rotatable bonds is 7. The first-order valence-corrected chi connectivity index (χ1v) is 9.55. The predicted octanol–water partition coefficient (Wildman–Crippen LogP) is 5.45. The van der Waals surface area contributed by atoms with E-state index in [1.165, 1.54) is 7.11 Å². The van der Waals surface area contributed by atoms with Crippen LogP contribution in [-0.2, 0) is 9.47 Å². The molecule has 1 heterocycles.